The van der Waals surface area contributed by atoms with Crippen LogP contribution >= 0.6 is 0 Å². The van der Waals surface area contributed by atoms with Crippen LogP contribution in [0.5, 0.6) is 0 Å². The number of hydrogen-bond donors (Lipinski definition) is 6. The number of nitrogens with one attached hydrogen (secondary N) is 4. The van der Waals surface area contributed by atoms with Crippen LogP contribution in [0.4, 0.5) is 0 Å². The van der Waals surface area contributed by atoms with Crippen LogP contribution in [-0.4, -0.2) is 45.3 Å². The molecule has 3 amide bonds. The van der Waals surface area contributed by atoms with Crippen LogP contribution in [0.3, 0.4) is 0 Å². The maximum atomic E-state index is 13.4. The fourth-order valence-corrected chi connectivity index (χ4v) is 4.09. The van der Waals surface area contributed by atoms with Crippen molar-refractivity contribution >= 4 is 39.5 Å². The van der Waals surface area contributed by atoms with Gasteiger partial charge in [0.1, 0.15) is 12.1 Å². The zero-order chi connectivity index (χ0) is 25.2. The molecule has 4 rings (SSSR count). The Bertz CT molecular complexity index is 1380. The van der Waals surface area contributed by atoms with Gasteiger partial charge < -0.3 is 32.1 Å². The van der Waals surface area contributed by atoms with E-state index in [9.17, 15) is 14.4 Å². The van der Waals surface area contributed by atoms with Gasteiger partial charge in [0.2, 0.25) is 17.7 Å². The molecule has 0 fully saturated rings. The van der Waals surface area contributed by atoms with Gasteiger partial charge in [-0.1, -0.05) is 36.4 Å². The van der Waals surface area contributed by atoms with Crippen molar-refractivity contribution in [2.75, 3.05) is 0 Å². The van der Waals surface area contributed by atoms with Gasteiger partial charge in [0.15, 0.2) is 0 Å². The van der Waals surface area contributed by atoms with Crippen molar-refractivity contribution in [3.63, 3.8) is 0 Å². The van der Waals surface area contributed by atoms with Crippen molar-refractivity contribution in [1.29, 1.82) is 0 Å². The third-order valence-electron chi connectivity index (χ3n) is 6.06. The molecular formula is C26H30N6O3. The lowest BCUT2D eigenvalue weighted by atomic mass is 10.00. The zero-order valence-corrected chi connectivity index (χ0v) is 19.7. The predicted molar refractivity (Wildman–Crippen MR) is 135 cm³/mol. The van der Waals surface area contributed by atoms with Crippen molar-refractivity contribution in [3.05, 3.63) is 72.1 Å². The molecule has 4 aromatic rings. The van der Waals surface area contributed by atoms with Gasteiger partial charge in [-0.15, -0.1) is 0 Å². The summed E-state index contributed by atoms with van der Waals surface area (Å²) in [5, 5.41) is 7.38. The summed E-state index contributed by atoms with van der Waals surface area (Å²) >= 11 is 0. The Morgan fingerprint density at radius 2 is 1.31 bits per heavy atom. The number of nitrogens with two attached hydrogens (primary N) is 2. The highest BCUT2D eigenvalue weighted by Gasteiger charge is 2.31. The number of carbonyl (C=O) groups is 3. The van der Waals surface area contributed by atoms with Crippen molar-refractivity contribution in [1.82, 2.24) is 20.6 Å². The van der Waals surface area contributed by atoms with E-state index in [1.165, 1.54) is 0 Å². The SMILES string of the molecule is CC(C)(N)C(=O)N[C@H](Cc1c[nH]c2ccccc12)C(=O)N[C@H](Cc1c[nH]c2ccccc12)C(N)=O. The molecule has 0 unspecified atom stereocenters. The first-order valence-electron chi connectivity index (χ1n) is 11.4. The van der Waals surface area contributed by atoms with Crippen LogP contribution < -0.4 is 22.1 Å². The molecule has 0 spiro atoms. The van der Waals surface area contributed by atoms with E-state index in [0.717, 1.165) is 32.9 Å². The average Bonchev–Trinajstić information content (AvgIpc) is 3.41. The first kappa shape index (κ1) is 24.0. The van der Waals surface area contributed by atoms with E-state index < -0.39 is 35.3 Å². The van der Waals surface area contributed by atoms with Gasteiger partial charge >= 0.3 is 0 Å². The highest BCUT2D eigenvalue weighted by molar-refractivity contribution is 5.95. The maximum Gasteiger partial charge on any atom is 0.243 e. The molecule has 0 aliphatic carbocycles. The fourth-order valence-electron chi connectivity index (χ4n) is 4.09. The first-order chi connectivity index (χ1) is 16.6. The number of carbonyl (C=O) groups excluding carboxylic acids is 3. The highest BCUT2D eigenvalue weighted by Crippen LogP contribution is 2.21. The summed E-state index contributed by atoms with van der Waals surface area (Å²) in [6.45, 7) is 3.12. The predicted octanol–water partition coefficient (Wildman–Crippen LogP) is 1.63. The molecular weight excluding hydrogens is 444 g/mol. The normalized spacial score (nSPS) is 13.5. The zero-order valence-electron chi connectivity index (χ0n) is 19.7. The minimum atomic E-state index is -1.19. The summed E-state index contributed by atoms with van der Waals surface area (Å²) in [6.07, 6.45) is 4.02. The quantitative estimate of drug-likeness (QED) is 0.218. The summed E-state index contributed by atoms with van der Waals surface area (Å²) in [5.41, 5.74) is 14.0. The lowest BCUT2D eigenvalue weighted by molar-refractivity contribution is -0.132. The standard InChI is InChI=1S/C26H30N6O3/c1-26(2,28)25(35)32-22(12-16-14-30-20-10-6-4-8-18(16)20)24(34)31-21(23(27)33)11-15-13-29-19-9-5-3-7-17(15)19/h3-10,13-14,21-22,29-30H,11-12,28H2,1-2H3,(H2,27,33)(H,31,34)(H,32,35)/t21-,22-/m1/s1. The molecule has 0 aliphatic rings. The summed E-state index contributed by atoms with van der Waals surface area (Å²) < 4.78 is 0. The Morgan fingerprint density at radius 1 is 0.829 bits per heavy atom. The molecule has 182 valence electrons. The van der Waals surface area contributed by atoms with Crippen LogP contribution in [0.2, 0.25) is 0 Å². The Morgan fingerprint density at radius 3 is 1.80 bits per heavy atom. The number of aromatic nitrogens is 2. The second kappa shape index (κ2) is 9.63. The highest BCUT2D eigenvalue weighted by atomic mass is 16.2. The number of primary amides is 1. The molecule has 0 saturated heterocycles. The van der Waals surface area contributed by atoms with E-state index in [1.807, 2.05) is 54.7 Å². The summed E-state index contributed by atoms with van der Waals surface area (Å²) in [6, 6.07) is 13.4. The number of fused-ring (bicyclic) bond motifs is 2. The largest absolute Gasteiger partial charge is 0.368 e. The molecule has 2 aromatic carbocycles. The molecule has 0 aliphatic heterocycles. The molecule has 0 radical (unpaired) electrons. The fraction of sp³-hybridized carbons (Fsp3) is 0.269. The molecule has 2 heterocycles. The van der Waals surface area contributed by atoms with Crippen molar-refractivity contribution in [2.24, 2.45) is 11.5 Å². The van der Waals surface area contributed by atoms with E-state index >= 15 is 0 Å². The second-order valence-corrected chi connectivity index (χ2v) is 9.34. The van der Waals surface area contributed by atoms with Crippen LogP contribution in [0.15, 0.2) is 60.9 Å². The minimum Gasteiger partial charge on any atom is -0.368 e. The van der Waals surface area contributed by atoms with E-state index in [4.69, 9.17) is 11.5 Å². The first-order valence-corrected chi connectivity index (χ1v) is 11.4. The number of H-pyrrole nitrogens is 2. The number of benzene rings is 2. The third-order valence-corrected chi connectivity index (χ3v) is 6.06. The van der Waals surface area contributed by atoms with Crippen LogP contribution in [0, 0.1) is 0 Å². The van der Waals surface area contributed by atoms with Gasteiger partial charge in [-0.2, -0.15) is 0 Å². The molecule has 35 heavy (non-hydrogen) atoms. The lowest BCUT2D eigenvalue weighted by Crippen LogP contribution is -2.58. The smallest absolute Gasteiger partial charge is 0.243 e. The molecule has 0 bridgehead atoms. The second-order valence-electron chi connectivity index (χ2n) is 9.34. The molecule has 8 N–H and O–H groups in total. The lowest BCUT2D eigenvalue weighted by Gasteiger charge is -2.25. The summed E-state index contributed by atoms with van der Waals surface area (Å²) in [5.74, 6) is -1.67. The molecule has 9 nitrogen and oxygen atoms in total. The van der Waals surface area contributed by atoms with Crippen molar-refractivity contribution in [3.8, 4) is 0 Å². The van der Waals surface area contributed by atoms with Gasteiger partial charge in [-0.25, -0.2) is 0 Å². The monoisotopic (exact) mass is 474 g/mol. The van der Waals surface area contributed by atoms with Crippen molar-refractivity contribution < 1.29 is 14.4 Å². The number of para-hydroxylation sites is 2. The Kier molecular flexibility index (Phi) is 6.61. The third kappa shape index (κ3) is 5.36. The van der Waals surface area contributed by atoms with Crippen LogP contribution in [0.1, 0.15) is 25.0 Å². The maximum absolute atomic E-state index is 13.4. The number of rotatable bonds is 9. The molecule has 2 atom stereocenters. The summed E-state index contributed by atoms with van der Waals surface area (Å²) in [4.78, 5) is 44.7. The van der Waals surface area contributed by atoms with E-state index in [1.54, 1.807) is 20.0 Å². The van der Waals surface area contributed by atoms with Gasteiger partial charge in [-0.05, 0) is 37.1 Å². The number of aromatic amines is 2. The van der Waals surface area contributed by atoms with Gasteiger partial charge in [0.05, 0.1) is 5.54 Å². The average molecular weight is 475 g/mol. The number of hydrogen-bond acceptors (Lipinski definition) is 4. The molecule has 9 heteroatoms. The van der Waals surface area contributed by atoms with Gasteiger partial charge in [0, 0.05) is 47.0 Å². The Balaban J connectivity index is 1.57. The van der Waals surface area contributed by atoms with Crippen LogP contribution in [0.25, 0.3) is 21.8 Å². The van der Waals surface area contributed by atoms with Crippen molar-refractivity contribution in [2.45, 2.75) is 44.3 Å². The van der Waals surface area contributed by atoms with Gasteiger partial charge in [-0.3, -0.25) is 14.4 Å². The van der Waals surface area contributed by atoms with E-state index in [2.05, 4.69) is 20.6 Å². The minimum absolute atomic E-state index is 0.205. The molecule has 2 aromatic heterocycles. The van der Waals surface area contributed by atoms with Gasteiger partial charge in [0.25, 0.3) is 0 Å². The number of amides is 3. The van der Waals surface area contributed by atoms with E-state index in [-0.39, 0.29) is 12.8 Å². The van der Waals surface area contributed by atoms with Crippen LogP contribution in [-0.2, 0) is 27.2 Å². The topological polar surface area (TPSA) is 159 Å². The Hall–Kier alpha value is -4.11. The molecule has 0 saturated carbocycles. The summed E-state index contributed by atoms with van der Waals surface area (Å²) in [7, 11) is 0. The Labute approximate surface area is 202 Å². The van der Waals surface area contributed by atoms with E-state index in [0.29, 0.717) is 0 Å².